The number of benzene rings is 20. The summed E-state index contributed by atoms with van der Waals surface area (Å²) in [4.78, 5) is 4.98. The summed E-state index contributed by atoms with van der Waals surface area (Å²) in [5, 5.41) is 0. The van der Waals surface area contributed by atoms with Gasteiger partial charge in [0.25, 0.3) is 0 Å². The predicted molar refractivity (Wildman–Crippen MR) is 582 cm³/mol. The minimum Gasteiger partial charge on any atom is -0.310 e. The average Bonchev–Trinajstić information content (AvgIpc) is 1.41. The molecule has 8 aliphatic carbocycles. The SMILES string of the molecule is CC1(C)c2ccccc2-c2ccc(N(c3ccc(-c4cccc5c4-c4ccccc4C54c5ccccc5C(C)(C)c5ccccc54)cc3)c3ccc4c(c3)C(C)(C)c3ccccc3-4)cc21.CC1(C)c2ccccc2-c2ccc(N(c3ccc(-c4cccc5c4-c4ccccc4C54c5ccccc5C(c5ccccc5)(c5ccccc5)c5ccccc54)cc3)c3ccc4c(c3)C(C)(C)c3ccccc3-4)cc21. The molecule has 28 rings (SSSR count). The molecule has 0 atom stereocenters. The maximum Gasteiger partial charge on any atom is 0.0720 e. The molecule has 0 radical (unpaired) electrons. The maximum absolute atomic E-state index is 2.49. The van der Waals surface area contributed by atoms with E-state index in [9.17, 15) is 0 Å². The van der Waals surface area contributed by atoms with E-state index >= 15 is 0 Å². The Labute approximate surface area is 823 Å². The molecule has 0 aliphatic heterocycles. The molecule has 20 aromatic rings. The van der Waals surface area contributed by atoms with Crippen LogP contribution in [-0.2, 0) is 43.3 Å². The summed E-state index contributed by atoms with van der Waals surface area (Å²) in [5.41, 5.74) is 55.3. The Bertz CT molecular complexity index is 8230. The van der Waals surface area contributed by atoms with Gasteiger partial charge in [0.1, 0.15) is 0 Å². The van der Waals surface area contributed by atoms with Gasteiger partial charge in [0.2, 0.25) is 0 Å². The number of rotatable bonds is 10. The molecule has 0 amide bonds. The van der Waals surface area contributed by atoms with Crippen LogP contribution in [0.4, 0.5) is 34.1 Å². The summed E-state index contributed by atoms with van der Waals surface area (Å²) < 4.78 is 0. The zero-order valence-corrected chi connectivity index (χ0v) is 80.8. The van der Waals surface area contributed by atoms with E-state index in [1.165, 1.54) is 223 Å². The Balaban J connectivity index is 0.000000142. The van der Waals surface area contributed by atoms with Crippen LogP contribution in [-0.4, -0.2) is 0 Å². The molecule has 0 saturated heterocycles. The van der Waals surface area contributed by atoms with Crippen LogP contribution < -0.4 is 9.80 Å². The van der Waals surface area contributed by atoms with Crippen LogP contribution >= 0.6 is 0 Å². The molecule has 8 aliphatic rings. The third-order valence-corrected chi connectivity index (χ3v) is 34.2. The third kappa shape index (κ3) is 11.3. The highest BCUT2D eigenvalue weighted by Gasteiger charge is 2.59. The van der Waals surface area contributed by atoms with Gasteiger partial charge in [-0.1, -0.05) is 457 Å². The van der Waals surface area contributed by atoms with Gasteiger partial charge in [0, 0.05) is 61.2 Å². The maximum atomic E-state index is 2.49. The Morgan fingerprint density at radius 1 is 0.129 bits per heavy atom. The molecule has 20 aromatic carbocycles. The van der Waals surface area contributed by atoms with Crippen molar-refractivity contribution in [1.29, 1.82) is 0 Å². The molecule has 140 heavy (non-hydrogen) atoms. The number of fused-ring (bicyclic) bond motifs is 30. The van der Waals surface area contributed by atoms with Crippen LogP contribution in [0.3, 0.4) is 0 Å². The summed E-state index contributed by atoms with van der Waals surface area (Å²) in [7, 11) is 0. The van der Waals surface area contributed by atoms with Crippen molar-refractivity contribution < 1.29 is 0 Å². The molecule has 0 unspecified atom stereocenters. The smallest absolute Gasteiger partial charge is 0.0720 e. The summed E-state index contributed by atoms with van der Waals surface area (Å²) in [6.07, 6.45) is 0. The fraction of sp³-hybridized carbons (Fsp3) is 0.130. The first-order valence-electron chi connectivity index (χ1n) is 50.0. The van der Waals surface area contributed by atoms with Crippen molar-refractivity contribution in [2.45, 2.75) is 113 Å². The molecule has 2 heteroatoms. The van der Waals surface area contributed by atoms with E-state index in [1.54, 1.807) is 0 Å². The average molecular weight is 1790 g/mol. The van der Waals surface area contributed by atoms with Gasteiger partial charge in [0.15, 0.2) is 0 Å². The topological polar surface area (TPSA) is 6.48 Å². The molecule has 0 aromatic heterocycles. The van der Waals surface area contributed by atoms with E-state index in [4.69, 9.17) is 0 Å². The van der Waals surface area contributed by atoms with E-state index in [-0.39, 0.29) is 27.1 Å². The van der Waals surface area contributed by atoms with Crippen LogP contribution in [0.2, 0.25) is 0 Å². The van der Waals surface area contributed by atoms with Gasteiger partial charge >= 0.3 is 0 Å². The van der Waals surface area contributed by atoms with Gasteiger partial charge in [-0.3, -0.25) is 0 Å². The molecule has 2 spiro atoms. The lowest BCUT2D eigenvalue weighted by atomic mass is 9.51. The Morgan fingerprint density at radius 2 is 0.329 bits per heavy atom. The molecule has 0 saturated carbocycles. The molecule has 668 valence electrons. The minimum absolute atomic E-state index is 0.116. The van der Waals surface area contributed by atoms with Crippen LogP contribution in [0.1, 0.15) is 192 Å². The Kier molecular flexibility index (Phi) is 18.0. The highest BCUT2D eigenvalue weighted by atomic mass is 15.1. The van der Waals surface area contributed by atoms with Crippen molar-refractivity contribution in [2.24, 2.45) is 0 Å². The number of anilines is 6. The predicted octanol–water partition coefficient (Wildman–Crippen LogP) is 34.9. The van der Waals surface area contributed by atoms with E-state index < -0.39 is 16.2 Å². The largest absolute Gasteiger partial charge is 0.310 e. The second kappa shape index (κ2) is 30.3. The van der Waals surface area contributed by atoms with Crippen LogP contribution in [0.15, 0.2) is 461 Å². The van der Waals surface area contributed by atoms with E-state index in [2.05, 4.69) is 540 Å². The lowest BCUT2D eigenvalue weighted by molar-refractivity contribution is 0.563. The fourth-order valence-corrected chi connectivity index (χ4v) is 27.8. The number of nitrogens with zero attached hydrogens (tertiary/aromatic N) is 2. The normalized spacial score (nSPS) is 16.0. The first-order valence-corrected chi connectivity index (χ1v) is 50.0. The second-order valence-electron chi connectivity index (χ2n) is 42.7. The monoisotopic (exact) mass is 1790 g/mol. The van der Waals surface area contributed by atoms with Gasteiger partial charge in [-0.05, 0) is 284 Å². The van der Waals surface area contributed by atoms with Crippen molar-refractivity contribution in [3.63, 3.8) is 0 Å². The van der Waals surface area contributed by atoms with Crippen molar-refractivity contribution >= 4 is 34.1 Å². The summed E-state index contributed by atoms with van der Waals surface area (Å²) >= 11 is 0. The lowest BCUT2D eigenvalue weighted by Crippen LogP contribution is -2.44. The zero-order chi connectivity index (χ0) is 94.3. The van der Waals surface area contributed by atoms with Crippen LogP contribution in [0.25, 0.3) is 89.0 Å². The van der Waals surface area contributed by atoms with Crippen molar-refractivity contribution in [1.82, 2.24) is 0 Å². The summed E-state index contributed by atoms with van der Waals surface area (Å²) in [6.45, 7) is 23.8. The summed E-state index contributed by atoms with van der Waals surface area (Å²) in [5.74, 6) is 0. The standard InChI is InChI=1S/C74H55N.C64H51N/c1-71(2)60-30-14-11-26-55(60)57-44-42-52(46-68(57)71)75(53-43-45-58-56-27-12-15-31-61(56)72(3,4)69(58)47-53)51-40-38-48(39-41-51)54-29-21-37-67-70(54)59-28-13-16-32-62(59)74(67)65-35-19-17-33-63(65)73(49-22-7-5-8-23-49,50-24-9-6-10-25-50)64-34-18-20-36-66(64)74;1-61(2)50-22-10-7-18-45(50)47-36-34-42(38-58(47)61)65(43-35-37-48-46-19-8-11-23-51(46)62(3,4)59(48)39-43)41-32-30-40(31-33-41)44-21-17-29-57-60(44)49-20-9-12-24-52(49)64(57)55-27-15-13-25-53(55)63(5,6)54-26-14-16-28-56(54)64/h5-47H,1-4H3;7-39H,1-6H3. The van der Waals surface area contributed by atoms with Crippen LogP contribution in [0, 0.1) is 0 Å². The second-order valence-corrected chi connectivity index (χ2v) is 42.7. The van der Waals surface area contributed by atoms with Crippen molar-refractivity contribution in [2.75, 3.05) is 9.80 Å². The van der Waals surface area contributed by atoms with E-state index in [0.717, 1.165) is 22.7 Å². The molecule has 2 nitrogen and oxygen atoms in total. The van der Waals surface area contributed by atoms with Crippen molar-refractivity contribution in [3.05, 3.63) is 583 Å². The molecular weight excluding hydrogens is 1690 g/mol. The van der Waals surface area contributed by atoms with E-state index in [0.29, 0.717) is 0 Å². The lowest BCUT2D eigenvalue weighted by Gasteiger charge is -2.50. The van der Waals surface area contributed by atoms with Crippen molar-refractivity contribution in [3.8, 4) is 89.0 Å². The molecule has 0 heterocycles. The van der Waals surface area contributed by atoms with Crippen LogP contribution in [0.5, 0.6) is 0 Å². The highest BCUT2D eigenvalue weighted by molar-refractivity contribution is 6.01. The van der Waals surface area contributed by atoms with E-state index in [1.807, 2.05) is 0 Å². The first kappa shape index (κ1) is 83.4. The quantitative estimate of drug-likeness (QED) is 0.135. The highest BCUT2D eigenvalue weighted by Crippen LogP contribution is 2.69. The van der Waals surface area contributed by atoms with Gasteiger partial charge in [0.05, 0.1) is 16.2 Å². The molecule has 0 N–H and O–H groups in total. The van der Waals surface area contributed by atoms with Gasteiger partial charge in [-0.15, -0.1) is 0 Å². The Morgan fingerprint density at radius 3 is 0.621 bits per heavy atom. The molecule has 0 bridgehead atoms. The van der Waals surface area contributed by atoms with Gasteiger partial charge in [-0.25, -0.2) is 0 Å². The van der Waals surface area contributed by atoms with Gasteiger partial charge in [-0.2, -0.15) is 0 Å². The van der Waals surface area contributed by atoms with Gasteiger partial charge < -0.3 is 9.80 Å². The molecular formula is C138H106N2. The number of hydrogen-bond donors (Lipinski definition) is 0. The number of hydrogen-bond acceptors (Lipinski definition) is 2. The summed E-state index contributed by atoms with van der Waals surface area (Å²) in [6, 6.07) is 175. The Hall–Kier alpha value is -16.0. The minimum atomic E-state index is -0.569. The first-order chi connectivity index (χ1) is 68.2. The fourth-order valence-electron chi connectivity index (χ4n) is 27.8. The third-order valence-electron chi connectivity index (χ3n) is 34.2. The zero-order valence-electron chi connectivity index (χ0n) is 80.8. The molecule has 0 fully saturated rings.